The molecule has 5 heteroatoms. The molecule has 0 aromatic carbocycles. The Hall–Kier alpha value is -0.810. The fourth-order valence-corrected chi connectivity index (χ4v) is 3.25. The summed E-state index contributed by atoms with van der Waals surface area (Å²) in [4.78, 5) is 4.26. The SMILES string of the molecule is CCC(CC)C(N)[C@@H]1[C@H](O)[C@@H](C)C[C@H]1N=C(N)N. The summed E-state index contributed by atoms with van der Waals surface area (Å²) in [6.45, 7) is 6.29. The van der Waals surface area contributed by atoms with Crippen LogP contribution >= 0.6 is 0 Å². The molecule has 1 aliphatic carbocycles. The Morgan fingerprint density at radius 3 is 2.33 bits per heavy atom. The summed E-state index contributed by atoms with van der Waals surface area (Å²) in [5, 5.41) is 10.3. The Labute approximate surface area is 110 Å². The maximum Gasteiger partial charge on any atom is 0.186 e. The van der Waals surface area contributed by atoms with Crippen molar-refractivity contribution in [2.45, 2.75) is 58.2 Å². The molecule has 1 fully saturated rings. The van der Waals surface area contributed by atoms with E-state index in [1.54, 1.807) is 0 Å². The summed E-state index contributed by atoms with van der Waals surface area (Å²) >= 11 is 0. The van der Waals surface area contributed by atoms with Crippen molar-refractivity contribution < 1.29 is 5.11 Å². The lowest BCUT2D eigenvalue weighted by molar-refractivity contribution is 0.0700. The zero-order valence-electron chi connectivity index (χ0n) is 11.7. The molecule has 0 aromatic heterocycles. The standard InChI is InChI=1S/C13H28N4O/c1-4-8(5-2)11(14)10-9(17-13(15)16)6-7(3)12(10)18/h7-12,18H,4-6,14H2,1-3H3,(H4,15,16,17)/t7-,9+,10+,11?,12+/m0/s1. The molecule has 1 aliphatic rings. The minimum Gasteiger partial charge on any atom is -0.392 e. The molecular formula is C13H28N4O. The normalized spacial score (nSPS) is 33.7. The van der Waals surface area contributed by atoms with Gasteiger partial charge in [0.15, 0.2) is 5.96 Å². The highest BCUT2D eigenvalue weighted by Gasteiger charge is 2.44. The second-order valence-corrected chi connectivity index (χ2v) is 5.56. The Morgan fingerprint density at radius 2 is 1.89 bits per heavy atom. The molecule has 5 nitrogen and oxygen atoms in total. The van der Waals surface area contributed by atoms with Crippen molar-refractivity contribution in [3.05, 3.63) is 0 Å². The first kappa shape index (κ1) is 15.2. The molecule has 0 bridgehead atoms. The summed E-state index contributed by atoms with van der Waals surface area (Å²) < 4.78 is 0. The average molecular weight is 256 g/mol. The highest BCUT2D eigenvalue weighted by Crippen LogP contribution is 2.38. The zero-order valence-corrected chi connectivity index (χ0v) is 11.7. The molecule has 1 saturated carbocycles. The van der Waals surface area contributed by atoms with E-state index in [4.69, 9.17) is 17.2 Å². The highest BCUT2D eigenvalue weighted by atomic mass is 16.3. The Kier molecular flexibility index (Phi) is 5.41. The van der Waals surface area contributed by atoms with Gasteiger partial charge in [0.25, 0.3) is 0 Å². The molecule has 0 heterocycles. The summed E-state index contributed by atoms with van der Waals surface area (Å²) in [6.07, 6.45) is 2.43. The second kappa shape index (κ2) is 6.38. The van der Waals surface area contributed by atoms with Crippen LogP contribution in [0.4, 0.5) is 0 Å². The van der Waals surface area contributed by atoms with Crippen molar-refractivity contribution in [1.29, 1.82) is 0 Å². The molecule has 18 heavy (non-hydrogen) atoms. The summed E-state index contributed by atoms with van der Waals surface area (Å²) in [6, 6.07) is -0.0938. The van der Waals surface area contributed by atoms with Crippen LogP contribution in [0.3, 0.4) is 0 Å². The van der Waals surface area contributed by atoms with Gasteiger partial charge in [-0.2, -0.15) is 0 Å². The van der Waals surface area contributed by atoms with Crippen LogP contribution in [0.2, 0.25) is 0 Å². The van der Waals surface area contributed by atoms with Gasteiger partial charge in [-0.1, -0.05) is 33.6 Å². The van der Waals surface area contributed by atoms with E-state index < -0.39 is 6.10 Å². The molecule has 0 amide bonds. The Morgan fingerprint density at radius 1 is 1.33 bits per heavy atom. The number of aliphatic imine (C=N–C) groups is 1. The van der Waals surface area contributed by atoms with Crippen molar-refractivity contribution in [2.24, 2.45) is 39.9 Å². The lowest BCUT2D eigenvalue weighted by Gasteiger charge is -2.32. The van der Waals surface area contributed by atoms with Crippen LogP contribution in [-0.2, 0) is 0 Å². The van der Waals surface area contributed by atoms with Gasteiger partial charge in [0, 0.05) is 12.0 Å². The summed E-state index contributed by atoms with van der Waals surface area (Å²) in [5.41, 5.74) is 17.3. The molecule has 106 valence electrons. The fraction of sp³-hybridized carbons (Fsp3) is 0.923. The van der Waals surface area contributed by atoms with E-state index in [1.807, 2.05) is 6.92 Å². The van der Waals surface area contributed by atoms with Crippen molar-refractivity contribution in [3.63, 3.8) is 0 Å². The average Bonchev–Trinajstić information content (AvgIpc) is 2.55. The van der Waals surface area contributed by atoms with E-state index in [9.17, 15) is 5.11 Å². The molecular weight excluding hydrogens is 228 g/mol. The van der Waals surface area contributed by atoms with E-state index in [-0.39, 0.29) is 29.9 Å². The van der Waals surface area contributed by atoms with Gasteiger partial charge in [-0.3, -0.25) is 0 Å². The van der Waals surface area contributed by atoms with Crippen LogP contribution in [0.15, 0.2) is 4.99 Å². The third-order valence-electron chi connectivity index (χ3n) is 4.39. The van der Waals surface area contributed by atoms with Crippen LogP contribution in [0.5, 0.6) is 0 Å². The number of nitrogens with two attached hydrogens (primary N) is 3. The maximum atomic E-state index is 10.3. The van der Waals surface area contributed by atoms with Crippen molar-refractivity contribution in [3.8, 4) is 0 Å². The van der Waals surface area contributed by atoms with Crippen LogP contribution in [0, 0.1) is 17.8 Å². The molecule has 1 unspecified atom stereocenters. The van der Waals surface area contributed by atoms with E-state index in [0.29, 0.717) is 5.92 Å². The number of hydrogen-bond donors (Lipinski definition) is 4. The van der Waals surface area contributed by atoms with Gasteiger partial charge in [0.1, 0.15) is 0 Å². The molecule has 0 radical (unpaired) electrons. The molecule has 0 spiro atoms. The third-order valence-corrected chi connectivity index (χ3v) is 4.39. The van der Waals surface area contributed by atoms with Gasteiger partial charge in [-0.25, -0.2) is 4.99 Å². The molecule has 0 aromatic rings. The number of guanidine groups is 1. The lowest BCUT2D eigenvalue weighted by atomic mass is 9.81. The largest absolute Gasteiger partial charge is 0.392 e. The zero-order chi connectivity index (χ0) is 13.9. The number of aliphatic hydroxyl groups excluding tert-OH is 1. The van der Waals surface area contributed by atoms with Crippen LogP contribution in [0.1, 0.15) is 40.0 Å². The summed E-state index contributed by atoms with van der Waals surface area (Å²) in [7, 11) is 0. The van der Waals surface area contributed by atoms with Crippen LogP contribution < -0.4 is 17.2 Å². The van der Waals surface area contributed by atoms with E-state index in [1.165, 1.54) is 0 Å². The Balaban J connectivity index is 2.90. The fourth-order valence-electron chi connectivity index (χ4n) is 3.25. The van der Waals surface area contributed by atoms with Gasteiger partial charge < -0.3 is 22.3 Å². The van der Waals surface area contributed by atoms with Crippen molar-refractivity contribution in [1.82, 2.24) is 0 Å². The van der Waals surface area contributed by atoms with E-state index in [2.05, 4.69) is 18.8 Å². The van der Waals surface area contributed by atoms with Crippen LogP contribution in [0.25, 0.3) is 0 Å². The molecule has 7 N–H and O–H groups in total. The van der Waals surface area contributed by atoms with Gasteiger partial charge in [0.2, 0.25) is 0 Å². The molecule has 1 rings (SSSR count). The van der Waals surface area contributed by atoms with Gasteiger partial charge in [-0.15, -0.1) is 0 Å². The highest BCUT2D eigenvalue weighted by molar-refractivity contribution is 5.75. The smallest absolute Gasteiger partial charge is 0.186 e. The molecule has 0 saturated heterocycles. The van der Waals surface area contributed by atoms with Gasteiger partial charge in [-0.05, 0) is 18.3 Å². The predicted octanol–water partition coefficient (Wildman–Crippen LogP) is 0.409. The Bertz CT molecular complexity index is 287. The van der Waals surface area contributed by atoms with Gasteiger partial charge in [0.05, 0.1) is 12.1 Å². The minimum atomic E-state index is -0.409. The lowest BCUT2D eigenvalue weighted by Crippen LogP contribution is -2.46. The topological polar surface area (TPSA) is 111 Å². The first-order chi connectivity index (χ1) is 8.42. The maximum absolute atomic E-state index is 10.3. The van der Waals surface area contributed by atoms with Crippen molar-refractivity contribution >= 4 is 5.96 Å². The number of aliphatic hydroxyl groups is 1. The summed E-state index contributed by atoms with van der Waals surface area (Å²) in [5.74, 6) is 0.658. The second-order valence-electron chi connectivity index (χ2n) is 5.56. The van der Waals surface area contributed by atoms with E-state index >= 15 is 0 Å². The van der Waals surface area contributed by atoms with Gasteiger partial charge >= 0.3 is 0 Å². The first-order valence-electron chi connectivity index (χ1n) is 6.94. The number of rotatable bonds is 5. The monoisotopic (exact) mass is 256 g/mol. The molecule has 0 aliphatic heterocycles. The van der Waals surface area contributed by atoms with Crippen molar-refractivity contribution in [2.75, 3.05) is 0 Å². The number of hydrogen-bond acceptors (Lipinski definition) is 3. The number of nitrogens with zero attached hydrogens (tertiary/aromatic N) is 1. The van der Waals surface area contributed by atoms with E-state index in [0.717, 1.165) is 19.3 Å². The third kappa shape index (κ3) is 3.14. The predicted molar refractivity (Wildman–Crippen MR) is 74.9 cm³/mol. The quantitative estimate of drug-likeness (QED) is 0.421. The first-order valence-corrected chi connectivity index (χ1v) is 6.94. The van der Waals surface area contributed by atoms with Crippen LogP contribution in [-0.4, -0.2) is 29.3 Å². The molecule has 5 atom stereocenters. The minimum absolute atomic E-state index is 0.0352.